The van der Waals surface area contributed by atoms with Crippen molar-refractivity contribution in [1.82, 2.24) is 10.3 Å². The van der Waals surface area contributed by atoms with Crippen LogP contribution in [0.25, 0.3) is 0 Å². The molecule has 118 valence electrons. The zero-order valence-corrected chi connectivity index (χ0v) is 13.8. The van der Waals surface area contributed by atoms with Gasteiger partial charge in [0.25, 0.3) is 0 Å². The second kappa shape index (κ2) is 8.57. The van der Waals surface area contributed by atoms with E-state index in [1.807, 2.05) is 19.3 Å². The number of rotatable bonds is 7. The Balaban J connectivity index is 1.92. The number of nitrogens with zero attached hydrogens (tertiary/aromatic N) is 2. The van der Waals surface area contributed by atoms with Crippen molar-refractivity contribution in [2.24, 2.45) is 0 Å². The molecule has 1 saturated heterocycles. The molecule has 0 bridgehead atoms. The summed E-state index contributed by atoms with van der Waals surface area (Å²) in [6, 6.07) is 2.00. The Morgan fingerprint density at radius 2 is 2.33 bits per heavy atom. The van der Waals surface area contributed by atoms with E-state index in [0.29, 0.717) is 11.1 Å². The van der Waals surface area contributed by atoms with Crippen LogP contribution >= 0.6 is 11.6 Å². The number of hydrogen-bond acceptors (Lipinski definition) is 4. The van der Waals surface area contributed by atoms with Crippen molar-refractivity contribution >= 4 is 17.4 Å². The molecule has 1 aromatic heterocycles. The summed E-state index contributed by atoms with van der Waals surface area (Å²) < 4.78 is 5.78. The minimum Gasteiger partial charge on any atom is -0.376 e. The van der Waals surface area contributed by atoms with E-state index in [1.54, 1.807) is 0 Å². The normalized spacial score (nSPS) is 18.7. The summed E-state index contributed by atoms with van der Waals surface area (Å²) in [6.07, 6.45) is 6.89. The number of anilines is 1. The fourth-order valence-electron chi connectivity index (χ4n) is 2.60. The largest absolute Gasteiger partial charge is 0.376 e. The minimum atomic E-state index is 0.299. The van der Waals surface area contributed by atoms with Gasteiger partial charge in [0, 0.05) is 32.9 Å². The fourth-order valence-corrected chi connectivity index (χ4v) is 2.93. The van der Waals surface area contributed by atoms with Gasteiger partial charge in [-0.25, -0.2) is 4.98 Å². The summed E-state index contributed by atoms with van der Waals surface area (Å²) >= 11 is 6.38. The first-order valence-corrected chi connectivity index (χ1v) is 8.26. The van der Waals surface area contributed by atoms with Gasteiger partial charge in [-0.2, -0.15) is 0 Å². The summed E-state index contributed by atoms with van der Waals surface area (Å²) in [5.74, 6) is 0.838. The first-order valence-electron chi connectivity index (χ1n) is 7.88. The molecule has 21 heavy (non-hydrogen) atoms. The Morgan fingerprint density at radius 1 is 1.48 bits per heavy atom. The Bertz CT molecular complexity index is 436. The van der Waals surface area contributed by atoms with Crippen LogP contribution in [-0.4, -0.2) is 37.8 Å². The molecule has 1 unspecified atom stereocenters. The van der Waals surface area contributed by atoms with Crippen LogP contribution in [0.2, 0.25) is 5.02 Å². The second-order valence-corrected chi connectivity index (χ2v) is 6.10. The van der Waals surface area contributed by atoms with E-state index in [4.69, 9.17) is 16.3 Å². The predicted octanol–water partition coefficient (Wildman–Crippen LogP) is 3.24. The van der Waals surface area contributed by atoms with Crippen LogP contribution < -0.4 is 10.2 Å². The summed E-state index contributed by atoms with van der Waals surface area (Å²) in [6.45, 7) is 5.71. The molecule has 5 heteroatoms. The van der Waals surface area contributed by atoms with E-state index in [-0.39, 0.29) is 0 Å². The quantitative estimate of drug-likeness (QED) is 0.784. The van der Waals surface area contributed by atoms with Gasteiger partial charge in [0.05, 0.1) is 11.1 Å². The van der Waals surface area contributed by atoms with E-state index >= 15 is 0 Å². The maximum absolute atomic E-state index is 6.38. The van der Waals surface area contributed by atoms with Crippen LogP contribution in [0.3, 0.4) is 0 Å². The molecule has 2 heterocycles. The lowest BCUT2D eigenvalue weighted by molar-refractivity contribution is 0.0215. The lowest BCUT2D eigenvalue weighted by atomic mass is 10.1. The third kappa shape index (κ3) is 5.13. The van der Waals surface area contributed by atoms with Crippen molar-refractivity contribution in [2.45, 2.75) is 45.3 Å². The molecule has 4 nitrogen and oxygen atoms in total. The molecule has 0 spiro atoms. The molecule has 1 aromatic rings. The van der Waals surface area contributed by atoms with Crippen molar-refractivity contribution in [1.29, 1.82) is 0 Å². The van der Waals surface area contributed by atoms with Crippen LogP contribution in [0.15, 0.2) is 12.3 Å². The molecule has 1 aliphatic heterocycles. The first kappa shape index (κ1) is 16.5. The number of hydrogen-bond donors (Lipinski definition) is 1. The molecule has 1 fully saturated rings. The summed E-state index contributed by atoms with van der Waals surface area (Å²) in [7, 11) is 2.03. The zero-order valence-electron chi connectivity index (χ0n) is 13.1. The van der Waals surface area contributed by atoms with Crippen LogP contribution in [-0.2, 0) is 11.3 Å². The van der Waals surface area contributed by atoms with Gasteiger partial charge in [0.15, 0.2) is 0 Å². The van der Waals surface area contributed by atoms with E-state index < -0.39 is 0 Å². The zero-order chi connectivity index (χ0) is 15.1. The molecular formula is C16H26ClN3O. The molecule has 1 N–H and O–H groups in total. The van der Waals surface area contributed by atoms with Crippen molar-refractivity contribution in [3.63, 3.8) is 0 Å². The number of pyridine rings is 1. The third-order valence-corrected chi connectivity index (χ3v) is 4.03. The van der Waals surface area contributed by atoms with E-state index in [1.165, 1.54) is 12.8 Å². The lowest BCUT2D eigenvalue weighted by Gasteiger charge is -2.28. The van der Waals surface area contributed by atoms with Gasteiger partial charge in [-0.15, -0.1) is 0 Å². The standard InChI is InChI=1S/C16H26ClN3O/c1-3-7-18-10-13-9-15(17)16(19-11-13)20(2)12-14-6-4-5-8-21-14/h9,11,14,18H,3-8,10,12H2,1-2H3. The molecule has 2 rings (SSSR count). The molecule has 1 aliphatic rings. The van der Waals surface area contributed by atoms with Crippen LogP contribution in [0, 0.1) is 0 Å². The van der Waals surface area contributed by atoms with Gasteiger partial charge in [-0.05, 0) is 43.9 Å². The highest BCUT2D eigenvalue weighted by Gasteiger charge is 2.18. The highest BCUT2D eigenvalue weighted by Crippen LogP contribution is 2.24. The number of likely N-dealkylation sites (N-methyl/N-ethyl adjacent to an activating group) is 1. The Hall–Kier alpha value is -0.840. The van der Waals surface area contributed by atoms with Crippen LogP contribution in [0.1, 0.15) is 38.2 Å². The Kier molecular flexibility index (Phi) is 6.74. The van der Waals surface area contributed by atoms with Crippen molar-refractivity contribution in [2.75, 3.05) is 31.6 Å². The highest BCUT2D eigenvalue weighted by atomic mass is 35.5. The Morgan fingerprint density at radius 3 is 3.00 bits per heavy atom. The van der Waals surface area contributed by atoms with Gasteiger partial charge < -0.3 is 15.0 Å². The third-order valence-electron chi connectivity index (χ3n) is 3.75. The molecule has 0 aliphatic carbocycles. The summed E-state index contributed by atoms with van der Waals surface area (Å²) in [4.78, 5) is 6.62. The minimum absolute atomic E-state index is 0.299. The lowest BCUT2D eigenvalue weighted by Crippen LogP contribution is -2.33. The van der Waals surface area contributed by atoms with E-state index in [9.17, 15) is 0 Å². The number of ether oxygens (including phenoxy) is 1. The van der Waals surface area contributed by atoms with Crippen LogP contribution in [0.5, 0.6) is 0 Å². The van der Waals surface area contributed by atoms with Gasteiger partial charge in [0.2, 0.25) is 0 Å². The fraction of sp³-hybridized carbons (Fsp3) is 0.688. The molecule has 0 aromatic carbocycles. The topological polar surface area (TPSA) is 37.4 Å². The van der Waals surface area contributed by atoms with Crippen molar-refractivity contribution in [3.05, 3.63) is 22.8 Å². The number of nitrogens with one attached hydrogen (secondary N) is 1. The summed E-state index contributed by atoms with van der Waals surface area (Å²) in [5, 5.41) is 4.07. The predicted molar refractivity (Wildman–Crippen MR) is 88.1 cm³/mol. The average molecular weight is 312 g/mol. The molecule has 1 atom stereocenters. The highest BCUT2D eigenvalue weighted by molar-refractivity contribution is 6.33. The summed E-state index contributed by atoms with van der Waals surface area (Å²) in [5.41, 5.74) is 1.12. The number of aromatic nitrogens is 1. The van der Waals surface area contributed by atoms with E-state index in [2.05, 4.69) is 22.1 Å². The van der Waals surface area contributed by atoms with Crippen LogP contribution in [0.4, 0.5) is 5.82 Å². The van der Waals surface area contributed by atoms with Crippen molar-refractivity contribution < 1.29 is 4.74 Å². The SMILES string of the molecule is CCCNCc1cnc(N(C)CC2CCCCO2)c(Cl)c1. The molecule has 0 amide bonds. The van der Waals surface area contributed by atoms with Gasteiger partial charge in [0.1, 0.15) is 5.82 Å². The van der Waals surface area contributed by atoms with E-state index in [0.717, 1.165) is 50.5 Å². The smallest absolute Gasteiger partial charge is 0.147 e. The van der Waals surface area contributed by atoms with Gasteiger partial charge in [-0.1, -0.05) is 18.5 Å². The maximum atomic E-state index is 6.38. The van der Waals surface area contributed by atoms with Gasteiger partial charge in [-0.3, -0.25) is 0 Å². The molecule has 0 saturated carbocycles. The molecule has 0 radical (unpaired) electrons. The average Bonchev–Trinajstić information content (AvgIpc) is 2.48. The monoisotopic (exact) mass is 311 g/mol. The number of halogens is 1. The maximum Gasteiger partial charge on any atom is 0.147 e. The second-order valence-electron chi connectivity index (χ2n) is 5.69. The molecular weight excluding hydrogens is 286 g/mol. The Labute approximate surface area is 132 Å². The van der Waals surface area contributed by atoms with Gasteiger partial charge >= 0.3 is 0 Å². The first-order chi connectivity index (χ1) is 10.2. The van der Waals surface area contributed by atoms with Crippen molar-refractivity contribution in [3.8, 4) is 0 Å².